The van der Waals surface area contributed by atoms with Crippen LogP contribution in [-0.4, -0.2) is 108 Å². The topological polar surface area (TPSA) is 124 Å². The Morgan fingerprint density at radius 3 is 2.66 bits per heavy atom. The second-order valence-electron chi connectivity index (χ2n) is 9.35. The van der Waals surface area contributed by atoms with Gasteiger partial charge in [-0.3, -0.25) is 14.5 Å². The molecular formula is C24H40N4O6S. The Morgan fingerprint density at radius 1 is 1.14 bits per heavy atom. The van der Waals surface area contributed by atoms with E-state index in [4.69, 9.17) is 9.47 Å². The van der Waals surface area contributed by atoms with E-state index in [1.165, 1.54) is 25.3 Å². The summed E-state index contributed by atoms with van der Waals surface area (Å²) in [5, 5.41) is 24.4. The van der Waals surface area contributed by atoms with Crippen molar-refractivity contribution in [1.82, 2.24) is 14.8 Å². The van der Waals surface area contributed by atoms with Gasteiger partial charge in [0.05, 0.1) is 18.8 Å². The number of anilines is 1. The highest BCUT2D eigenvalue weighted by Gasteiger charge is 2.29. The Hall–Kier alpha value is -1.63. The average Bonchev–Trinajstić information content (AvgIpc) is 3.23. The number of carbonyl (C=O) groups is 2. The molecule has 1 aliphatic heterocycles. The van der Waals surface area contributed by atoms with E-state index >= 15 is 0 Å². The Balaban J connectivity index is 1.59. The minimum atomic E-state index is -1.16. The highest BCUT2D eigenvalue weighted by molar-refractivity contribution is 7.15. The number of methoxy groups -OCH3 is 1. The van der Waals surface area contributed by atoms with Gasteiger partial charge in [-0.05, 0) is 51.5 Å². The molecule has 2 amide bonds. The lowest BCUT2D eigenvalue weighted by Gasteiger charge is -2.31. The van der Waals surface area contributed by atoms with Gasteiger partial charge in [-0.15, -0.1) is 11.3 Å². The fourth-order valence-electron chi connectivity index (χ4n) is 4.53. The van der Waals surface area contributed by atoms with Crippen molar-refractivity contribution in [2.75, 3.05) is 58.4 Å². The molecular weight excluding hydrogens is 472 g/mol. The van der Waals surface area contributed by atoms with Crippen molar-refractivity contribution in [3.05, 3.63) is 10.6 Å². The standard InChI is InChI=1S/C24H40N4O6S/c1-17(29)28-12-7-11-27(10-5-6-13-34-16-19(30)23(32)20(14-28)33-2)15-22(31)26-24-25-18-8-3-4-9-21(18)35-24/h19-20,23,30,32H,3-16H2,1-2H3,(H,25,26,31)/t19-,20-,23-/m0/s1. The lowest BCUT2D eigenvalue weighted by Crippen LogP contribution is -2.48. The van der Waals surface area contributed by atoms with E-state index in [9.17, 15) is 19.8 Å². The Bertz CT molecular complexity index is 798. The van der Waals surface area contributed by atoms with Crippen LogP contribution in [0.2, 0.25) is 0 Å². The van der Waals surface area contributed by atoms with Gasteiger partial charge in [0.25, 0.3) is 0 Å². The molecule has 2 heterocycles. The van der Waals surface area contributed by atoms with Crippen molar-refractivity contribution in [3.63, 3.8) is 0 Å². The lowest BCUT2D eigenvalue weighted by molar-refractivity contribution is -0.136. The van der Waals surface area contributed by atoms with E-state index in [0.717, 1.165) is 44.3 Å². The molecule has 3 atom stereocenters. The average molecular weight is 513 g/mol. The zero-order valence-electron chi connectivity index (χ0n) is 20.9. The van der Waals surface area contributed by atoms with Gasteiger partial charge in [-0.1, -0.05) is 0 Å². The van der Waals surface area contributed by atoms with Crippen molar-refractivity contribution in [1.29, 1.82) is 0 Å². The third kappa shape index (κ3) is 8.76. The molecule has 1 aromatic rings. The summed E-state index contributed by atoms with van der Waals surface area (Å²) in [4.78, 5) is 34.6. The molecule has 2 aliphatic rings. The maximum atomic E-state index is 12.8. The summed E-state index contributed by atoms with van der Waals surface area (Å²) < 4.78 is 10.9. The fraction of sp³-hybridized carbons (Fsp3) is 0.792. The zero-order valence-corrected chi connectivity index (χ0v) is 21.7. The molecule has 1 aliphatic carbocycles. The number of nitrogens with one attached hydrogen (secondary N) is 1. The minimum Gasteiger partial charge on any atom is -0.388 e. The van der Waals surface area contributed by atoms with Crippen molar-refractivity contribution < 1.29 is 29.3 Å². The number of rotatable bonds is 4. The predicted octanol–water partition coefficient (Wildman–Crippen LogP) is 1.05. The molecule has 3 N–H and O–H groups in total. The van der Waals surface area contributed by atoms with Gasteiger partial charge in [0.15, 0.2) is 5.13 Å². The quantitative estimate of drug-likeness (QED) is 0.547. The van der Waals surface area contributed by atoms with Crippen LogP contribution in [-0.2, 0) is 31.9 Å². The van der Waals surface area contributed by atoms with Crippen LogP contribution in [0, 0.1) is 0 Å². The molecule has 0 spiro atoms. The first kappa shape index (κ1) is 27.9. The van der Waals surface area contributed by atoms with Crippen molar-refractivity contribution in [2.24, 2.45) is 0 Å². The number of aliphatic hydroxyl groups excluding tert-OH is 2. The third-order valence-corrected chi connectivity index (χ3v) is 7.66. The largest absolute Gasteiger partial charge is 0.388 e. The number of aryl methyl sites for hydroxylation is 2. The summed E-state index contributed by atoms with van der Waals surface area (Å²) in [7, 11) is 1.45. The Labute approximate surface area is 211 Å². The predicted molar refractivity (Wildman–Crippen MR) is 134 cm³/mol. The van der Waals surface area contributed by atoms with Crippen LogP contribution in [0.3, 0.4) is 0 Å². The molecule has 1 saturated heterocycles. The summed E-state index contributed by atoms with van der Waals surface area (Å²) in [5.41, 5.74) is 1.12. The van der Waals surface area contributed by atoms with Crippen LogP contribution in [0.15, 0.2) is 0 Å². The van der Waals surface area contributed by atoms with Crippen LogP contribution >= 0.6 is 11.3 Å². The second-order valence-corrected chi connectivity index (χ2v) is 10.4. The number of nitrogens with zero attached hydrogens (tertiary/aromatic N) is 3. The number of aromatic nitrogens is 1. The Morgan fingerprint density at radius 2 is 1.91 bits per heavy atom. The lowest BCUT2D eigenvalue weighted by atomic mass is 10.0. The third-order valence-electron chi connectivity index (χ3n) is 6.59. The van der Waals surface area contributed by atoms with E-state index in [-0.39, 0.29) is 31.5 Å². The molecule has 11 heteroatoms. The molecule has 198 valence electrons. The van der Waals surface area contributed by atoms with Gasteiger partial charge in [-0.25, -0.2) is 4.98 Å². The number of thiazole rings is 1. The molecule has 0 radical (unpaired) electrons. The maximum absolute atomic E-state index is 12.8. The van der Waals surface area contributed by atoms with Gasteiger partial charge in [0.2, 0.25) is 11.8 Å². The smallest absolute Gasteiger partial charge is 0.240 e. The normalized spacial score (nSPS) is 25.8. The molecule has 3 rings (SSSR count). The maximum Gasteiger partial charge on any atom is 0.240 e. The molecule has 1 fully saturated rings. The van der Waals surface area contributed by atoms with Crippen LogP contribution in [0.5, 0.6) is 0 Å². The molecule has 0 bridgehead atoms. The van der Waals surface area contributed by atoms with Crippen molar-refractivity contribution in [2.45, 2.75) is 70.2 Å². The summed E-state index contributed by atoms with van der Waals surface area (Å²) in [5.74, 6) is -0.217. The number of carbonyl (C=O) groups excluding carboxylic acids is 2. The van der Waals surface area contributed by atoms with Crippen molar-refractivity contribution >= 4 is 28.3 Å². The van der Waals surface area contributed by atoms with Crippen LogP contribution in [0.1, 0.15) is 49.6 Å². The number of hydrogen-bond acceptors (Lipinski definition) is 9. The van der Waals surface area contributed by atoms with E-state index < -0.39 is 18.3 Å². The number of fused-ring (bicyclic) bond motifs is 1. The van der Waals surface area contributed by atoms with Gasteiger partial charge in [0, 0.05) is 45.2 Å². The van der Waals surface area contributed by atoms with Crippen LogP contribution in [0.4, 0.5) is 5.13 Å². The number of hydrogen-bond donors (Lipinski definition) is 3. The molecule has 0 unspecified atom stereocenters. The highest BCUT2D eigenvalue weighted by Crippen LogP contribution is 2.29. The summed E-state index contributed by atoms with van der Waals surface area (Å²) in [6.07, 6.45) is 3.64. The van der Waals surface area contributed by atoms with Crippen molar-refractivity contribution in [3.8, 4) is 0 Å². The Kier molecular flexibility index (Phi) is 11.3. The zero-order chi connectivity index (χ0) is 25.2. The van der Waals surface area contributed by atoms with E-state index in [0.29, 0.717) is 31.2 Å². The number of aliphatic hydroxyl groups is 2. The van der Waals surface area contributed by atoms with Gasteiger partial charge >= 0.3 is 0 Å². The monoisotopic (exact) mass is 512 g/mol. The first-order valence-corrected chi connectivity index (χ1v) is 13.4. The first-order chi connectivity index (χ1) is 16.9. The summed E-state index contributed by atoms with van der Waals surface area (Å²) in [6, 6.07) is 0. The van der Waals surface area contributed by atoms with E-state index in [1.54, 1.807) is 16.2 Å². The number of amides is 2. The van der Waals surface area contributed by atoms with Crippen LogP contribution < -0.4 is 5.32 Å². The molecule has 35 heavy (non-hydrogen) atoms. The molecule has 10 nitrogen and oxygen atoms in total. The fourth-order valence-corrected chi connectivity index (χ4v) is 5.59. The van der Waals surface area contributed by atoms with Crippen LogP contribution in [0.25, 0.3) is 0 Å². The first-order valence-electron chi connectivity index (χ1n) is 12.6. The van der Waals surface area contributed by atoms with Gasteiger partial charge in [-0.2, -0.15) is 0 Å². The summed E-state index contributed by atoms with van der Waals surface area (Å²) >= 11 is 1.58. The highest BCUT2D eigenvalue weighted by atomic mass is 32.1. The minimum absolute atomic E-state index is 0.00892. The van der Waals surface area contributed by atoms with Gasteiger partial charge in [0.1, 0.15) is 18.3 Å². The van der Waals surface area contributed by atoms with Gasteiger partial charge < -0.3 is 29.9 Å². The summed E-state index contributed by atoms with van der Waals surface area (Å²) in [6.45, 7) is 4.17. The molecule has 0 saturated carbocycles. The van der Waals surface area contributed by atoms with E-state index in [1.807, 2.05) is 0 Å². The number of ether oxygens (including phenoxy) is 2. The van der Waals surface area contributed by atoms with E-state index in [2.05, 4.69) is 15.2 Å². The SMILES string of the molecule is CO[C@H]1CN(C(C)=O)CCCN(CC(=O)Nc2nc3c(s2)CCCC3)CCCCOC[C@H](O)[C@@H]1O. The molecule has 0 aromatic carbocycles. The second kappa shape index (κ2) is 14.2. The molecule has 1 aromatic heterocycles.